The van der Waals surface area contributed by atoms with E-state index >= 15 is 0 Å². The van der Waals surface area contributed by atoms with Crippen molar-refractivity contribution in [2.45, 2.75) is 35.4 Å². The number of aliphatic hydroxyl groups is 1. The first-order chi connectivity index (χ1) is 19.5. The number of rotatable bonds is 5. The fourth-order valence-electron chi connectivity index (χ4n) is 7.01. The number of hydrogen-bond acceptors (Lipinski definition) is 6. The molecule has 2 aromatic carbocycles. The number of aliphatic hydroxyl groups excluding tert-OH is 1. The summed E-state index contributed by atoms with van der Waals surface area (Å²) in [4.78, 5) is 53.3. The zero-order valence-corrected chi connectivity index (χ0v) is 24.5. The molecule has 2 heterocycles. The molecule has 0 radical (unpaired) electrons. The molecule has 0 spiro atoms. The Balaban J connectivity index is 1.46. The van der Waals surface area contributed by atoms with E-state index < -0.39 is 51.1 Å². The van der Waals surface area contributed by atoms with Gasteiger partial charge in [0, 0.05) is 18.0 Å². The van der Waals surface area contributed by atoms with Gasteiger partial charge >= 0.3 is 0 Å². The van der Waals surface area contributed by atoms with Crippen molar-refractivity contribution in [3.05, 3.63) is 70.3 Å². The number of alkyl halides is 2. The molecule has 41 heavy (non-hydrogen) atoms. The van der Waals surface area contributed by atoms with Gasteiger partial charge in [-0.05, 0) is 61.1 Å². The van der Waals surface area contributed by atoms with Crippen molar-refractivity contribution >= 4 is 64.1 Å². The summed E-state index contributed by atoms with van der Waals surface area (Å²) in [6.07, 6.45) is 2.08. The highest BCUT2D eigenvalue weighted by molar-refractivity contribution is 6.53. The minimum absolute atomic E-state index is 0.0737. The van der Waals surface area contributed by atoms with Gasteiger partial charge in [-0.2, -0.15) is 0 Å². The smallest absolute Gasteiger partial charge is 0.253 e. The number of halogens is 3. The van der Waals surface area contributed by atoms with Crippen LogP contribution in [0.25, 0.3) is 0 Å². The van der Waals surface area contributed by atoms with Crippen molar-refractivity contribution in [2.75, 3.05) is 25.2 Å². The Labute approximate surface area is 251 Å². The van der Waals surface area contributed by atoms with Crippen molar-refractivity contribution in [3.8, 4) is 5.75 Å². The summed E-state index contributed by atoms with van der Waals surface area (Å²) in [7, 11) is 1.36. The van der Waals surface area contributed by atoms with Crippen LogP contribution < -0.4 is 9.64 Å². The number of ether oxygens (including phenoxy) is 1. The average Bonchev–Trinajstić information content (AvgIpc) is 3.28. The zero-order chi connectivity index (χ0) is 29.4. The summed E-state index contributed by atoms with van der Waals surface area (Å²) in [6.45, 7) is 1.79. The standard InChI is InChI=1S/C30H27Cl3N2O6/c1-15-3-6-17(13-22(15)31)35-25(37)20-10-9-19-21(23(20)26(35)38)14-29(32)27(39)34(2)28(40)30(29,33)24(19)16-4-7-18(8-5-16)41-12-11-36/h3-9,13,20-21,23-24,36H,10-12,14H2,1-2H3. The molecule has 0 aromatic heterocycles. The maximum atomic E-state index is 14.0. The summed E-state index contributed by atoms with van der Waals surface area (Å²) in [5.74, 6) is -4.38. The minimum atomic E-state index is -1.85. The van der Waals surface area contributed by atoms with Crippen LogP contribution in [0.1, 0.15) is 29.9 Å². The molecule has 6 atom stereocenters. The number of aryl methyl sites for hydroxylation is 1. The minimum Gasteiger partial charge on any atom is -0.491 e. The van der Waals surface area contributed by atoms with Gasteiger partial charge in [0.25, 0.3) is 11.8 Å². The van der Waals surface area contributed by atoms with Crippen LogP contribution in [0, 0.1) is 24.7 Å². The van der Waals surface area contributed by atoms with Crippen LogP contribution >= 0.6 is 34.8 Å². The number of amides is 4. The third-order valence-corrected chi connectivity index (χ3v) is 10.8. The number of likely N-dealkylation sites (tertiary alicyclic amines) is 1. The summed E-state index contributed by atoms with van der Waals surface area (Å²) in [5.41, 5.74) is 2.53. The van der Waals surface area contributed by atoms with Crippen LogP contribution in [0.2, 0.25) is 5.02 Å². The number of carbonyl (C=O) groups excluding carboxylic acids is 4. The predicted molar refractivity (Wildman–Crippen MR) is 153 cm³/mol. The first-order valence-corrected chi connectivity index (χ1v) is 14.5. The molecule has 1 saturated carbocycles. The van der Waals surface area contributed by atoms with Gasteiger partial charge < -0.3 is 9.84 Å². The zero-order valence-electron chi connectivity index (χ0n) is 22.3. The Kier molecular flexibility index (Phi) is 6.77. The van der Waals surface area contributed by atoms with Crippen molar-refractivity contribution in [2.24, 2.45) is 17.8 Å². The van der Waals surface area contributed by atoms with Crippen LogP contribution in [0.5, 0.6) is 5.75 Å². The lowest BCUT2D eigenvalue weighted by molar-refractivity contribution is -0.138. The second kappa shape index (κ2) is 9.83. The number of hydrogen-bond donors (Lipinski definition) is 1. The molecule has 6 rings (SSSR count). The average molecular weight is 618 g/mol. The summed E-state index contributed by atoms with van der Waals surface area (Å²) < 4.78 is 5.49. The summed E-state index contributed by atoms with van der Waals surface area (Å²) in [6, 6.07) is 11.9. The lowest BCUT2D eigenvalue weighted by atomic mass is 9.56. The number of fused-ring (bicyclic) bond motifs is 4. The van der Waals surface area contributed by atoms with Crippen molar-refractivity contribution in [1.29, 1.82) is 0 Å². The number of benzene rings is 2. The van der Waals surface area contributed by atoms with E-state index in [0.717, 1.165) is 10.5 Å². The van der Waals surface area contributed by atoms with Gasteiger partial charge in [0.05, 0.1) is 24.1 Å². The topological polar surface area (TPSA) is 104 Å². The molecule has 4 aliphatic rings. The van der Waals surface area contributed by atoms with Crippen LogP contribution in [0.3, 0.4) is 0 Å². The normalized spacial score (nSPS) is 32.6. The first kappa shape index (κ1) is 28.2. The Bertz CT molecular complexity index is 1530. The van der Waals surface area contributed by atoms with E-state index in [-0.39, 0.29) is 32.0 Å². The molecule has 11 heteroatoms. The quantitative estimate of drug-likeness (QED) is 0.306. The summed E-state index contributed by atoms with van der Waals surface area (Å²) >= 11 is 20.7. The lowest BCUT2D eigenvalue weighted by Crippen LogP contribution is -2.60. The Morgan fingerprint density at radius 2 is 1.71 bits per heavy atom. The van der Waals surface area contributed by atoms with E-state index in [1.807, 2.05) is 13.0 Å². The molecule has 4 amide bonds. The molecule has 214 valence electrons. The molecule has 0 bridgehead atoms. The molecule has 2 aliphatic heterocycles. The lowest BCUT2D eigenvalue weighted by Gasteiger charge is -2.50. The number of nitrogens with zero attached hydrogens (tertiary/aromatic N) is 2. The molecular weight excluding hydrogens is 591 g/mol. The molecule has 8 nitrogen and oxygen atoms in total. The summed E-state index contributed by atoms with van der Waals surface area (Å²) in [5, 5.41) is 9.53. The third-order valence-electron chi connectivity index (χ3n) is 9.00. The highest BCUT2D eigenvalue weighted by Crippen LogP contribution is 2.65. The first-order valence-electron chi connectivity index (χ1n) is 13.3. The van der Waals surface area contributed by atoms with Crippen LogP contribution in [-0.4, -0.2) is 63.6 Å². The molecule has 6 unspecified atom stereocenters. The van der Waals surface area contributed by atoms with Gasteiger partial charge in [-0.3, -0.25) is 24.1 Å². The number of anilines is 1. The number of carbonyl (C=O) groups is 4. The molecular formula is C30H27Cl3N2O6. The second-order valence-corrected chi connectivity index (χ2v) is 12.7. The van der Waals surface area contributed by atoms with Gasteiger partial charge in [0.15, 0.2) is 9.75 Å². The van der Waals surface area contributed by atoms with Gasteiger partial charge in [0.1, 0.15) is 12.4 Å². The van der Waals surface area contributed by atoms with E-state index in [0.29, 0.717) is 27.6 Å². The van der Waals surface area contributed by atoms with Gasteiger partial charge in [-0.15, -0.1) is 23.2 Å². The van der Waals surface area contributed by atoms with Gasteiger partial charge in [-0.25, -0.2) is 4.90 Å². The van der Waals surface area contributed by atoms with E-state index in [1.165, 1.54) is 11.9 Å². The van der Waals surface area contributed by atoms with E-state index in [9.17, 15) is 19.2 Å². The largest absolute Gasteiger partial charge is 0.491 e. The van der Waals surface area contributed by atoms with Crippen LogP contribution in [0.15, 0.2) is 54.1 Å². The molecule has 2 saturated heterocycles. The van der Waals surface area contributed by atoms with Crippen LogP contribution in [-0.2, 0) is 19.2 Å². The predicted octanol–water partition coefficient (Wildman–Crippen LogP) is 4.21. The molecule has 1 N–H and O–H groups in total. The third kappa shape index (κ3) is 3.84. The maximum absolute atomic E-state index is 14.0. The van der Waals surface area contributed by atoms with Crippen molar-refractivity contribution < 1.29 is 29.0 Å². The molecule has 2 aromatic rings. The van der Waals surface area contributed by atoms with Gasteiger partial charge in [-0.1, -0.05) is 41.4 Å². The van der Waals surface area contributed by atoms with E-state index in [4.69, 9.17) is 44.6 Å². The highest BCUT2D eigenvalue weighted by Gasteiger charge is 2.75. The van der Waals surface area contributed by atoms with Crippen LogP contribution in [0.4, 0.5) is 5.69 Å². The fraction of sp³-hybridized carbons (Fsp3) is 0.400. The highest BCUT2D eigenvalue weighted by atomic mass is 35.5. The van der Waals surface area contributed by atoms with E-state index in [1.54, 1.807) is 42.5 Å². The monoisotopic (exact) mass is 616 g/mol. The Morgan fingerprint density at radius 1 is 1.00 bits per heavy atom. The van der Waals surface area contributed by atoms with E-state index in [2.05, 4.69) is 0 Å². The maximum Gasteiger partial charge on any atom is 0.253 e. The SMILES string of the molecule is Cc1ccc(N2C(=O)C3CC=C4C(CC5(Cl)C(=O)N(C)C(=O)C5(Cl)C4c4ccc(OCCO)cc4)C3C2=O)cc1Cl. The second-order valence-electron chi connectivity index (χ2n) is 11.1. The van der Waals surface area contributed by atoms with Crippen molar-refractivity contribution in [1.82, 2.24) is 4.90 Å². The Morgan fingerprint density at radius 3 is 2.37 bits per heavy atom. The molecule has 3 fully saturated rings. The van der Waals surface area contributed by atoms with Gasteiger partial charge in [0.2, 0.25) is 11.8 Å². The number of imide groups is 2. The molecule has 2 aliphatic carbocycles. The fourth-order valence-corrected chi connectivity index (χ4v) is 8.21. The number of allylic oxidation sites excluding steroid dienone is 2. The van der Waals surface area contributed by atoms with Crippen molar-refractivity contribution in [3.63, 3.8) is 0 Å². The Hall–Kier alpha value is -2.91.